The molecule has 1 radical (unpaired) electrons. The van der Waals surface area contributed by atoms with E-state index in [1.165, 1.54) is 21.5 Å². The lowest BCUT2D eigenvalue weighted by Crippen LogP contribution is -2.35. The normalized spacial score (nSPS) is 11.9. The third-order valence-electron chi connectivity index (χ3n) is 12.8. The number of hydrogen-bond donors (Lipinski definition) is 0. The van der Waals surface area contributed by atoms with E-state index in [-0.39, 0.29) is 0 Å². The highest BCUT2D eigenvalue weighted by atomic mass is 15.2. The summed E-state index contributed by atoms with van der Waals surface area (Å²) in [6, 6.07) is 96.3. The standard InChI is InChI=1S/C62H44BN4/c1-5-24-47(25-6-1)64(48-26-7-2-8-27-48)53-38-40-57-61(43-53)66(59-36-17-22-45-20-13-15-34-55(45)59)51-32-19-33-52(42-51)67(60-37-18-23-46-21-14-16-35-56(46)60)62-44-54(39-41-58(62)63-57)65(49-28-9-3-10-29-49)50-30-11-4-12-31-50/h1-44H. The van der Waals surface area contributed by atoms with E-state index in [4.69, 9.17) is 0 Å². The second-order valence-corrected chi connectivity index (χ2v) is 16.8. The first-order valence-corrected chi connectivity index (χ1v) is 22.8. The van der Waals surface area contributed by atoms with Gasteiger partial charge in [-0.25, -0.2) is 0 Å². The van der Waals surface area contributed by atoms with Crippen LogP contribution in [0.25, 0.3) is 21.5 Å². The summed E-state index contributed by atoms with van der Waals surface area (Å²) in [7, 11) is 2.38. The van der Waals surface area contributed by atoms with Crippen LogP contribution in [-0.4, -0.2) is 7.28 Å². The third kappa shape index (κ3) is 7.43. The van der Waals surface area contributed by atoms with Crippen LogP contribution in [0.3, 0.4) is 0 Å². The van der Waals surface area contributed by atoms with Gasteiger partial charge >= 0.3 is 0 Å². The van der Waals surface area contributed by atoms with Gasteiger partial charge in [0.05, 0.1) is 11.4 Å². The molecule has 12 rings (SSSR count). The van der Waals surface area contributed by atoms with Crippen LogP contribution < -0.4 is 30.5 Å². The molecule has 0 amide bonds. The lowest BCUT2D eigenvalue weighted by atomic mass is 9.62. The average Bonchev–Trinajstić information content (AvgIpc) is 3.39. The molecule has 4 nitrogen and oxygen atoms in total. The van der Waals surface area contributed by atoms with Crippen LogP contribution in [0.15, 0.2) is 267 Å². The van der Waals surface area contributed by atoms with Crippen molar-refractivity contribution in [2.45, 2.75) is 0 Å². The molecule has 0 fully saturated rings. The van der Waals surface area contributed by atoms with E-state index in [2.05, 4.69) is 294 Å². The van der Waals surface area contributed by atoms with Gasteiger partial charge in [0.2, 0.25) is 0 Å². The lowest BCUT2D eigenvalue weighted by molar-refractivity contribution is 1.24. The van der Waals surface area contributed by atoms with Crippen LogP contribution in [0.2, 0.25) is 0 Å². The van der Waals surface area contributed by atoms with Crippen molar-refractivity contribution in [3.05, 3.63) is 267 Å². The van der Waals surface area contributed by atoms with E-state index in [1.807, 2.05) is 0 Å². The predicted molar refractivity (Wildman–Crippen MR) is 285 cm³/mol. The highest BCUT2D eigenvalue weighted by Gasteiger charge is 2.28. The summed E-state index contributed by atoms with van der Waals surface area (Å²) in [6.07, 6.45) is 0. The van der Waals surface area contributed by atoms with Gasteiger partial charge in [-0.3, -0.25) is 0 Å². The highest BCUT2D eigenvalue weighted by molar-refractivity contribution is 6.70. The van der Waals surface area contributed by atoms with Gasteiger partial charge in [-0.1, -0.05) is 175 Å². The van der Waals surface area contributed by atoms with Crippen molar-refractivity contribution >= 4 is 108 Å². The van der Waals surface area contributed by atoms with Gasteiger partial charge in [0, 0.05) is 67.6 Å². The number of benzene rings is 11. The molecule has 2 bridgehead atoms. The molecule has 11 aromatic rings. The second kappa shape index (κ2) is 17.3. The maximum Gasteiger partial charge on any atom is 0.197 e. The zero-order valence-electron chi connectivity index (χ0n) is 36.8. The molecule has 1 aliphatic rings. The summed E-state index contributed by atoms with van der Waals surface area (Å²) in [5.41, 5.74) is 15.0. The first kappa shape index (κ1) is 39.8. The largest absolute Gasteiger partial charge is 0.310 e. The zero-order valence-corrected chi connectivity index (χ0v) is 36.8. The van der Waals surface area contributed by atoms with E-state index in [1.54, 1.807) is 0 Å². The summed E-state index contributed by atoms with van der Waals surface area (Å²) in [5, 5.41) is 4.71. The fourth-order valence-electron chi connectivity index (χ4n) is 9.74. The number of anilines is 12. The lowest BCUT2D eigenvalue weighted by Gasteiger charge is -2.36. The second-order valence-electron chi connectivity index (χ2n) is 16.8. The van der Waals surface area contributed by atoms with Gasteiger partial charge < -0.3 is 19.6 Å². The zero-order chi connectivity index (χ0) is 44.5. The number of fused-ring (bicyclic) bond motifs is 6. The molecule has 5 heteroatoms. The SMILES string of the molecule is [B]1c2ccc(N(c3ccccc3)c3ccccc3)cc2N(c2cccc3ccccc23)c2cccc(c2)N(c2cccc3ccccc23)c2cc(N(c3ccccc3)c3ccccc3)ccc21. The van der Waals surface area contributed by atoms with Crippen LogP contribution in [-0.2, 0) is 0 Å². The molecule has 315 valence electrons. The molecule has 0 saturated carbocycles. The summed E-state index contributed by atoms with van der Waals surface area (Å²) < 4.78 is 0. The van der Waals surface area contributed by atoms with Gasteiger partial charge in [-0.15, -0.1) is 0 Å². The molecule has 0 spiro atoms. The minimum absolute atomic E-state index is 1.05. The number of para-hydroxylation sites is 4. The molecule has 67 heavy (non-hydrogen) atoms. The Morgan fingerprint density at radius 2 is 0.597 bits per heavy atom. The van der Waals surface area contributed by atoms with Crippen molar-refractivity contribution in [1.82, 2.24) is 0 Å². The van der Waals surface area contributed by atoms with Crippen LogP contribution in [0, 0.1) is 0 Å². The Morgan fingerprint density at radius 3 is 1.00 bits per heavy atom. The van der Waals surface area contributed by atoms with E-state index in [0.29, 0.717) is 0 Å². The Bertz CT molecular complexity index is 3210. The van der Waals surface area contributed by atoms with Crippen molar-refractivity contribution in [2.75, 3.05) is 19.6 Å². The Kier molecular flexibility index (Phi) is 10.3. The van der Waals surface area contributed by atoms with E-state index in [9.17, 15) is 0 Å². The molecule has 0 saturated heterocycles. The van der Waals surface area contributed by atoms with Crippen molar-refractivity contribution < 1.29 is 0 Å². The molecule has 0 unspecified atom stereocenters. The van der Waals surface area contributed by atoms with Crippen LogP contribution >= 0.6 is 0 Å². The van der Waals surface area contributed by atoms with E-state index < -0.39 is 0 Å². The van der Waals surface area contributed by atoms with Gasteiger partial charge in [0.1, 0.15) is 0 Å². The maximum atomic E-state index is 2.46. The van der Waals surface area contributed by atoms with Crippen LogP contribution in [0.4, 0.5) is 68.2 Å². The molecule has 0 aliphatic carbocycles. The fourth-order valence-corrected chi connectivity index (χ4v) is 9.74. The van der Waals surface area contributed by atoms with Crippen molar-refractivity contribution in [3.63, 3.8) is 0 Å². The molecule has 0 aromatic heterocycles. The molecular weight excluding hydrogens is 812 g/mol. The van der Waals surface area contributed by atoms with Crippen molar-refractivity contribution in [3.8, 4) is 0 Å². The fraction of sp³-hybridized carbons (Fsp3) is 0. The topological polar surface area (TPSA) is 13.0 Å². The quantitative estimate of drug-likeness (QED) is 0.141. The third-order valence-corrected chi connectivity index (χ3v) is 12.8. The highest BCUT2D eigenvalue weighted by Crippen LogP contribution is 2.47. The molecule has 1 aliphatic heterocycles. The van der Waals surface area contributed by atoms with Gasteiger partial charge in [0.25, 0.3) is 0 Å². The number of hydrogen-bond acceptors (Lipinski definition) is 4. The summed E-state index contributed by atoms with van der Waals surface area (Å²) in [4.78, 5) is 9.62. The maximum absolute atomic E-state index is 2.46. The Balaban J connectivity index is 1.15. The van der Waals surface area contributed by atoms with Crippen LogP contribution in [0.1, 0.15) is 0 Å². The average molecular weight is 856 g/mol. The predicted octanol–water partition coefficient (Wildman–Crippen LogP) is 15.8. The molecule has 0 N–H and O–H groups in total. The minimum Gasteiger partial charge on any atom is -0.310 e. The number of rotatable bonds is 8. The summed E-state index contributed by atoms with van der Waals surface area (Å²) >= 11 is 0. The van der Waals surface area contributed by atoms with E-state index >= 15 is 0 Å². The van der Waals surface area contributed by atoms with Gasteiger partial charge in [-0.2, -0.15) is 0 Å². The Hall–Kier alpha value is -8.80. The Labute approximate surface area is 392 Å². The summed E-state index contributed by atoms with van der Waals surface area (Å²) in [5.74, 6) is 0. The van der Waals surface area contributed by atoms with Crippen molar-refractivity contribution in [1.29, 1.82) is 0 Å². The van der Waals surface area contributed by atoms with Crippen LogP contribution in [0.5, 0.6) is 0 Å². The smallest absolute Gasteiger partial charge is 0.197 e. The first-order chi connectivity index (χ1) is 33.2. The van der Waals surface area contributed by atoms with E-state index in [0.717, 1.165) is 79.2 Å². The first-order valence-electron chi connectivity index (χ1n) is 22.8. The molecular formula is C62H44BN4. The molecule has 1 heterocycles. The number of nitrogens with zero attached hydrogens (tertiary/aromatic N) is 4. The molecule has 0 atom stereocenters. The minimum atomic E-state index is 1.05. The van der Waals surface area contributed by atoms with Gasteiger partial charge in [-0.05, 0) is 114 Å². The van der Waals surface area contributed by atoms with Gasteiger partial charge in [0.15, 0.2) is 7.28 Å². The molecule has 11 aromatic carbocycles. The van der Waals surface area contributed by atoms with Crippen molar-refractivity contribution in [2.24, 2.45) is 0 Å². The monoisotopic (exact) mass is 855 g/mol. The Morgan fingerprint density at radius 1 is 0.254 bits per heavy atom. The summed E-state index contributed by atoms with van der Waals surface area (Å²) in [6.45, 7) is 0.